The minimum Gasteiger partial charge on any atom is -0.496 e. The Morgan fingerprint density at radius 3 is 2.44 bits per heavy atom. The predicted octanol–water partition coefficient (Wildman–Crippen LogP) is 0.405. The van der Waals surface area contributed by atoms with Gasteiger partial charge in [0.2, 0.25) is 0 Å². The highest BCUT2D eigenvalue weighted by atomic mass is 32.2. The van der Waals surface area contributed by atoms with Gasteiger partial charge in [-0.25, -0.2) is 8.42 Å². The summed E-state index contributed by atoms with van der Waals surface area (Å²) in [5.74, 6) is 0.279. The summed E-state index contributed by atoms with van der Waals surface area (Å²) in [4.78, 5) is 0.216. The van der Waals surface area contributed by atoms with E-state index in [1.54, 1.807) is 26.0 Å². The Hall–Kier alpha value is -1.11. The van der Waals surface area contributed by atoms with Crippen LogP contribution in [0.15, 0.2) is 17.0 Å². The van der Waals surface area contributed by atoms with E-state index in [9.17, 15) is 13.5 Å². The molecule has 0 aliphatic heterocycles. The van der Waals surface area contributed by atoms with Crippen LogP contribution in [-0.2, 0) is 9.84 Å². The Balaban J connectivity index is 3.21. The number of methoxy groups -OCH3 is 1. The molecule has 0 heterocycles. The zero-order chi connectivity index (χ0) is 13.9. The van der Waals surface area contributed by atoms with E-state index in [2.05, 4.69) is 0 Å². The van der Waals surface area contributed by atoms with E-state index < -0.39 is 15.9 Å². The zero-order valence-corrected chi connectivity index (χ0v) is 11.6. The van der Waals surface area contributed by atoms with E-state index in [0.29, 0.717) is 11.3 Å². The van der Waals surface area contributed by atoms with E-state index in [0.717, 1.165) is 5.56 Å². The summed E-state index contributed by atoms with van der Waals surface area (Å²) in [7, 11) is -2.00. The molecule has 0 radical (unpaired) electrons. The Morgan fingerprint density at radius 1 is 1.33 bits per heavy atom. The molecule has 102 valence electrons. The highest BCUT2D eigenvalue weighted by molar-refractivity contribution is 7.91. The summed E-state index contributed by atoms with van der Waals surface area (Å²) in [6.45, 7) is 3.40. The number of nitrogens with two attached hydrogens (primary N) is 1. The lowest BCUT2D eigenvalue weighted by Gasteiger charge is -2.13. The number of aryl methyl sites for hydroxylation is 2. The van der Waals surface area contributed by atoms with E-state index in [1.807, 2.05) is 0 Å². The van der Waals surface area contributed by atoms with Crippen LogP contribution in [0.4, 0.5) is 0 Å². The lowest BCUT2D eigenvalue weighted by atomic mass is 10.1. The molecule has 5 nitrogen and oxygen atoms in total. The first kappa shape index (κ1) is 14.9. The van der Waals surface area contributed by atoms with Gasteiger partial charge in [-0.3, -0.25) is 0 Å². The molecule has 0 aliphatic rings. The van der Waals surface area contributed by atoms with Crippen molar-refractivity contribution in [1.82, 2.24) is 0 Å². The molecule has 0 saturated carbocycles. The first-order chi connectivity index (χ1) is 8.31. The second kappa shape index (κ2) is 5.69. The van der Waals surface area contributed by atoms with Gasteiger partial charge in [0.15, 0.2) is 9.84 Å². The number of hydrogen-bond donors (Lipinski definition) is 2. The second-order valence-electron chi connectivity index (χ2n) is 4.26. The van der Waals surface area contributed by atoms with Crippen LogP contribution in [0.1, 0.15) is 11.1 Å². The van der Waals surface area contributed by atoms with E-state index in [-0.39, 0.29) is 17.2 Å². The van der Waals surface area contributed by atoms with Crippen LogP contribution in [-0.4, -0.2) is 39.0 Å². The maximum Gasteiger partial charge on any atom is 0.181 e. The third kappa shape index (κ3) is 3.22. The number of sulfone groups is 1. The molecule has 18 heavy (non-hydrogen) atoms. The van der Waals surface area contributed by atoms with Crippen molar-refractivity contribution in [3.8, 4) is 5.75 Å². The molecule has 1 rings (SSSR count). The number of rotatable bonds is 5. The van der Waals surface area contributed by atoms with E-state index in [1.165, 1.54) is 7.11 Å². The normalized spacial score (nSPS) is 13.4. The Labute approximate surface area is 107 Å². The Kier molecular flexibility index (Phi) is 4.72. The first-order valence-corrected chi connectivity index (χ1v) is 7.23. The summed E-state index contributed by atoms with van der Waals surface area (Å²) in [6.07, 6.45) is -1.04. The quantitative estimate of drug-likeness (QED) is 0.811. The van der Waals surface area contributed by atoms with Gasteiger partial charge in [-0.05, 0) is 37.1 Å². The van der Waals surface area contributed by atoms with Gasteiger partial charge in [-0.1, -0.05) is 0 Å². The number of ether oxygens (including phenoxy) is 1. The van der Waals surface area contributed by atoms with Crippen LogP contribution in [0, 0.1) is 13.8 Å². The third-order valence-electron chi connectivity index (χ3n) is 2.71. The summed E-state index contributed by atoms with van der Waals surface area (Å²) < 4.78 is 29.4. The maximum atomic E-state index is 12.1. The molecule has 0 bridgehead atoms. The van der Waals surface area contributed by atoms with Crippen molar-refractivity contribution >= 4 is 9.84 Å². The molecule has 6 heteroatoms. The summed E-state index contributed by atoms with van der Waals surface area (Å²) in [5.41, 5.74) is 6.57. The van der Waals surface area contributed by atoms with Gasteiger partial charge in [-0.15, -0.1) is 0 Å². The highest BCUT2D eigenvalue weighted by Gasteiger charge is 2.22. The molecule has 0 aromatic heterocycles. The third-order valence-corrected chi connectivity index (χ3v) is 4.64. The molecule has 1 aromatic carbocycles. The average molecular weight is 273 g/mol. The van der Waals surface area contributed by atoms with Gasteiger partial charge in [-0.2, -0.15) is 0 Å². The van der Waals surface area contributed by atoms with Gasteiger partial charge in [0.25, 0.3) is 0 Å². The van der Waals surface area contributed by atoms with Crippen molar-refractivity contribution < 1.29 is 18.3 Å². The predicted molar refractivity (Wildman–Crippen MR) is 69.6 cm³/mol. The number of aliphatic hydroxyl groups excluding tert-OH is 1. The number of hydrogen-bond acceptors (Lipinski definition) is 5. The van der Waals surface area contributed by atoms with Crippen LogP contribution in [0.25, 0.3) is 0 Å². The Morgan fingerprint density at radius 2 is 1.94 bits per heavy atom. The second-order valence-corrected chi connectivity index (χ2v) is 6.26. The first-order valence-electron chi connectivity index (χ1n) is 5.58. The fraction of sp³-hybridized carbons (Fsp3) is 0.500. The molecule has 1 atom stereocenters. The van der Waals surface area contributed by atoms with Crippen molar-refractivity contribution in [3.05, 3.63) is 23.3 Å². The molecule has 0 aliphatic carbocycles. The lowest BCUT2D eigenvalue weighted by molar-refractivity contribution is 0.205. The molecule has 0 spiro atoms. The SMILES string of the molecule is COc1cc(C)c(S(=O)(=O)CC(O)CN)cc1C. The van der Waals surface area contributed by atoms with Crippen LogP contribution in [0.3, 0.4) is 0 Å². The van der Waals surface area contributed by atoms with Crippen LogP contribution < -0.4 is 10.5 Å². The van der Waals surface area contributed by atoms with E-state index >= 15 is 0 Å². The summed E-state index contributed by atoms with van der Waals surface area (Å²) in [6, 6.07) is 3.24. The zero-order valence-electron chi connectivity index (χ0n) is 10.8. The molecule has 1 aromatic rings. The smallest absolute Gasteiger partial charge is 0.181 e. The van der Waals surface area contributed by atoms with Crippen LogP contribution in [0.2, 0.25) is 0 Å². The summed E-state index contributed by atoms with van der Waals surface area (Å²) >= 11 is 0. The Bertz CT molecular complexity index is 525. The van der Waals surface area contributed by atoms with Gasteiger partial charge in [0.05, 0.1) is 23.9 Å². The van der Waals surface area contributed by atoms with Crippen molar-refractivity contribution in [2.24, 2.45) is 5.73 Å². The molecule has 0 amide bonds. The highest BCUT2D eigenvalue weighted by Crippen LogP contribution is 2.26. The monoisotopic (exact) mass is 273 g/mol. The van der Waals surface area contributed by atoms with Gasteiger partial charge in [0.1, 0.15) is 5.75 Å². The van der Waals surface area contributed by atoms with E-state index in [4.69, 9.17) is 10.5 Å². The molecule has 0 fully saturated rings. The van der Waals surface area contributed by atoms with Gasteiger partial charge in [0, 0.05) is 6.54 Å². The topological polar surface area (TPSA) is 89.6 Å². The standard InChI is InChI=1S/C12H19NO4S/c1-8-5-12(9(2)4-11(8)17-3)18(15,16)7-10(14)6-13/h4-5,10,14H,6-7,13H2,1-3H3. The molecule has 0 saturated heterocycles. The molecular formula is C12H19NO4S. The summed E-state index contributed by atoms with van der Waals surface area (Å²) in [5, 5.41) is 9.39. The largest absolute Gasteiger partial charge is 0.496 e. The van der Waals surface area contributed by atoms with Crippen molar-refractivity contribution in [2.75, 3.05) is 19.4 Å². The maximum absolute atomic E-state index is 12.1. The fourth-order valence-corrected chi connectivity index (χ4v) is 3.46. The van der Waals surface area contributed by atoms with Crippen molar-refractivity contribution in [2.45, 2.75) is 24.8 Å². The van der Waals surface area contributed by atoms with Crippen molar-refractivity contribution in [3.63, 3.8) is 0 Å². The lowest BCUT2D eigenvalue weighted by Crippen LogP contribution is -2.28. The average Bonchev–Trinajstić information content (AvgIpc) is 2.30. The number of benzene rings is 1. The molecule has 3 N–H and O–H groups in total. The molecule has 1 unspecified atom stereocenters. The van der Waals surface area contributed by atoms with Crippen molar-refractivity contribution in [1.29, 1.82) is 0 Å². The number of aliphatic hydroxyl groups is 1. The van der Waals surface area contributed by atoms with Gasteiger partial charge < -0.3 is 15.6 Å². The van der Waals surface area contributed by atoms with Crippen LogP contribution >= 0.6 is 0 Å². The van der Waals surface area contributed by atoms with Crippen LogP contribution in [0.5, 0.6) is 5.75 Å². The fourth-order valence-electron chi connectivity index (χ4n) is 1.73. The van der Waals surface area contributed by atoms with Gasteiger partial charge >= 0.3 is 0 Å². The minimum absolute atomic E-state index is 0.0760. The molecular weight excluding hydrogens is 254 g/mol. The minimum atomic E-state index is -3.54.